The summed E-state index contributed by atoms with van der Waals surface area (Å²) in [5.41, 5.74) is 10.2. The lowest BCUT2D eigenvalue weighted by Crippen LogP contribution is -1.90. The van der Waals surface area contributed by atoms with Gasteiger partial charge in [0.1, 0.15) is 0 Å². The molecule has 0 atom stereocenters. The highest BCUT2D eigenvalue weighted by molar-refractivity contribution is 5.30. The van der Waals surface area contributed by atoms with Gasteiger partial charge in [-0.25, -0.2) is 0 Å². The van der Waals surface area contributed by atoms with E-state index < -0.39 is 0 Å². The summed E-state index contributed by atoms with van der Waals surface area (Å²) in [7, 11) is 0. The molecule has 0 bridgehead atoms. The Balaban J connectivity index is 0.000000241. The summed E-state index contributed by atoms with van der Waals surface area (Å²) < 4.78 is 0. The van der Waals surface area contributed by atoms with Gasteiger partial charge in [0.15, 0.2) is 0 Å². The fourth-order valence-corrected chi connectivity index (χ4v) is 3.53. The van der Waals surface area contributed by atoms with Gasteiger partial charge in [-0.1, -0.05) is 115 Å². The first kappa shape index (κ1) is 27.7. The van der Waals surface area contributed by atoms with Gasteiger partial charge in [-0.15, -0.1) is 0 Å². The fraction of sp³-hybridized carbons (Fsp3) is 0.438. The van der Waals surface area contributed by atoms with Crippen molar-refractivity contribution in [3.8, 4) is 0 Å². The SMILES string of the molecule is CCc1cc(CC)cc(CC)c1.CCc1ccc(CC)cc1.CCc1cccc(CC)c1. The van der Waals surface area contributed by atoms with Crippen molar-refractivity contribution in [3.63, 3.8) is 0 Å². The molecule has 32 heavy (non-hydrogen) atoms. The fourth-order valence-electron chi connectivity index (χ4n) is 3.53. The summed E-state index contributed by atoms with van der Waals surface area (Å²) in [5.74, 6) is 0. The molecule has 0 heteroatoms. The molecule has 0 unspecified atom stereocenters. The minimum absolute atomic E-state index is 1.14. The summed E-state index contributed by atoms with van der Waals surface area (Å²) in [6.07, 6.45) is 8.04. The third-order valence-corrected chi connectivity index (χ3v) is 5.98. The Bertz CT molecular complexity index is 773. The molecule has 174 valence electrons. The van der Waals surface area contributed by atoms with Gasteiger partial charge in [0, 0.05) is 0 Å². The molecular formula is C32H46. The standard InChI is InChI=1S/C12H18.2C10H14/c1-4-10-7-11(5-2)9-12(6-3)8-10;1-3-9-5-7-10(4-2)8-6-9;1-3-9-6-5-7-10(4-2)8-9/h7-9H,4-6H2,1-3H3;2*5-8H,3-4H2,1-2H3. The quantitative estimate of drug-likeness (QED) is 0.351. The molecule has 0 spiro atoms. The maximum atomic E-state index is 2.32. The van der Waals surface area contributed by atoms with Crippen molar-refractivity contribution in [3.05, 3.63) is 106 Å². The summed E-state index contributed by atoms with van der Waals surface area (Å²) in [5, 5.41) is 0. The number of hydrogen-bond acceptors (Lipinski definition) is 0. The van der Waals surface area contributed by atoms with E-state index in [1.165, 1.54) is 38.9 Å². The van der Waals surface area contributed by atoms with E-state index in [0.717, 1.165) is 44.9 Å². The predicted molar refractivity (Wildman–Crippen MR) is 145 cm³/mol. The van der Waals surface area contributed by atoms with Crippen molar-refractivity contribution >= 4 is 0 Å². The van der Waals surface area contributed by atoms with Crippen LogP contribution in [0.3, 0.4) is 0 Å². The highest BCUT2D eigenvalue weighted by atomic mass is 14.0. The molecular weight excluding hydrogens is 384 g/mol. The lowest BCUT2D eigenvalue weighted by molar-refractivity contribution is 1.04. The van der Waals surface area contributed by atoms with Gasteiger partial charge in [-0.3, -0.25) is 0 Å². The molecule has 0 radical (unpaired) electrons. The molecule has 0 fully saturated rings. The van der Waals surface area contributed by atoms with Crippen molar-refractivity contribution in [2.75, 3.05) is 0 Å². The molecule has 0 N–H and O–H groups in total. The van der Waals surface area contributed by atoms with Gasteiger partial charge in [0.05, 0.1) is 0 Å². The van der Waals surface area contributed by atoms with E-state index in [2.05, 4.69) is 115 Å². The Morgan fingerprint density at radius 2 is 0.562 bits per heavy atom. The first-order chi connectivity index (χ1) is 15.5. The van der Waals surface area contributed by atoms with Gasteiger partial charge in [0.25, 0.3) is 0 Å². The van der Waals surface area contributed by atoms with Crippen molar-refractivity contribution in [2.24, 2.45) is 0 Å². The van der Waals surface area contributed by atoms with Gasteiger partial charge < -0.3 is 0 Å². The van der Waals surface area contributed by atoms with Crippen LogP contribution in [0.4, 0.5) is 0 Å². The van der Waals surface area contributed by atoms with Crippen LogP contribution in [0, 0.1) is 0 Å². The van der Waals surface area contributed by atoms with Crippen LogP contribution < -0.4 is 0 Å². The van der Waals surface area contributed by atoms with Crippen LogP contribution in [-0.2, 0) is 44.9 Å². The van der Waals surface area contributed by atoms with Crippen LogP contribution in [0.25, 0.3) is 0 Å². The molecule has 0 heterocycles. The molecule has 0 saturated heterocycles. The van der Waals surface area contributed by atoms with Gasteiger partial charge in [-0.2, -0.15) is 0 Å². The van der Waals surface area contributed by atoms with Crippen molar-refractivity contribution in [1.82, 2.24) is 0 Å². The summed E-state index contributed by atoms with van der Waals surface area (Å²) in [6, 6.07) is 24.6. The lowest BCUT2D eigenvalue weighted by atomic mass is 10.0. The third kappa shape index (κ3) is 10.3. The molecule has 0 aliphatic rings. The zero-order valence-electron chi connectivity index (χ0n) is 21.8. The van der Waals surface area contributed by atoms with Crippen LogP contribution >= 0.6 is 0 Å². The average Bonchev–Trinajstić information content (AvgIpc) is 2.88. The van der Waals surface area contributed by atoms with E-state index in [9.17, 15) is 0 Å². The zero-order chi connectivity index (χ0) is 23.8. The Hall–Kier alpha value is -2.34. The van der Waals surface area contributed by atoms with E-state index in [-0.39, 0.29) is 0 Å². The molecule has 3 rings (SSSR count). The van der Waals surface area contributed by atoms with Crippen LogP contribution in [0.1, 0.15) is 87.4 Å². The van der Waals surface area contributed by atoms with E-state index in [1.807, 2.05) is 0 Å². The van der Waals surface area contributed by atoms with Crippen LogP contribution in [0.2, 0.25) is 0 Å². The third-order valence-electron chi connectivity index (χ3n) is 5.98. The monoisotopic (exact) mass is 430 g/mol. The Kier molecular flexibility index (Phi) is 14.1. The van der Waals surface area contributed by atoms with Crippen molar-refractivity contribution in [2.45, 2.75) is 93.4 Å². The maximum absolute atomic E-state index is 2.32. The number of aryl methyl sites for hydroxylation is 7. The summed E-state index contributed by atoms with van der Waals surface area (Å²) in [4.78, 5) is 0. The molecule has 3 aromatic rings. The zero-order valence-corrected chi connectivity index (χ0v) is 21.8. The maximum Gasteiger partial charge on any atom is -0.0307 e. The number of benzene rings is 3. The molecule has 0 nitrogen and oxygen atoms in total. The molecule has 0 aromatic heterocycles. The van der Waals surface area contributed by atoms with Crippen LogP contribution in [0.5, 0.6) is 0 Å². The molecule has 3 aromatic carbocycles. The Labute approximate surface area is 199 Å². The second kappa shape index (κ2) is 16.3. The minimum atomic E-state index is 1.14. The number of hydrogen-bond donors (Lipinski definition) is 0. The minimum Gasteiger partial charge on any atom is -0.0617 e. The first-order valence-corrected chi connectivity index (χ1v) is 12.8. The van der Waals surface area contributed by atoms with E-state index in [1.54, 1.807) is 0 Å². The Morgan fingerprint density at radius 3 is 0.812 bits per heavy atom. The van der Waals surface area contributed by atoms with E-state index in [4.69, 9.17) is 0 Å². The number of rotatable bonds is 7. The second-order valence-corrected chi connectivity index (χ2v) is 8.27. The van der Waals surface area contributed by atoms with Gasteiger partial charge in [-0.05, 0) is 83.9 Å². The van der Waals surface area contributed by atoms with Gasteiger partial charge >= 0.3 is 0 Å². The average molecular weight is 431 g/mol. The van der Waals surface area contributed by atoms with Crippen molar-refractivity contribution < 1.29 is 0 Å². The smallest absolute Gasteiger partial charge is 0.0307 e. The molecule has 0 amide bonds. The van der Waals surface area contributed by atoms with Crippen LogP contribution in [0.15, 0.2) is 66.7 Å². The molecule has 0 saturated carbocycles. The van der Waals surface area contributed by atoms with Crippen LogP contribution in [-0.4, -0.2) is 0 Å². The first-order valence-electron chi connectivity index (χ1n) is 12.8. The highest BCUT2D eigenvalue weighted by Gasteiger charge is 1.96. The highest BCUT2D eigenvalue weighted by Crippen LogP contribution is 2.12. The van der Waals surface area contributed by atoms with Crippen molar-refractivity contribution in [1.29, 1.82) is 0 Å². The normalized spacial score (nSPS) is 9.97. The predicted octanol–water partition coefficient (Wildman–Crippen LogP) is 9.00. The van der Waals surface area contributed by atoms with Gasteiger partial charge in [0.2, 0.25) is 0 Å². The van der Waals surface area contributed by atoms with E-state index in [0.29, 0.717) is 0 Å². The molecule has 0 aliphatic carbocycles. The summed E-state index contributed by atoms with van der Waals surface area (Å²) >= 11 is 0. The topological polar surface area (TPSA) is 0 Å². The largest absolute Gasteiger partial charge is 0.0617 e. The second-order valence-electron chi connectivity index (χ2n) is 8.27. The lowest BCUT2D eigenvalue weighted by Gasteiger charge is -2.05. The summed E-state index contributed by atoms with van der Waals surface area (Å²) in [6.45, 7) is 15.4. The Morgan fingerprint density at radius 1 is 0.312 bits per heavy atom. The molecule has 0 aliphatic heterocycles. The van der Waals surface area contributed by atoms with E-state index >= 15 is 0 Å².